The molecule has 0 aliphatic heterocycles. The highest BCUT2D eigenvalue weighted by Gasteiger charge is 2.48. The molecule has 2 rings (SSSR count). The van der Waals surface area contributed by atoms with Crippen LogP contribution in [-0.2, 0) is 14.8 Å². The van der Waals surface area contributed by atoms with Gasteiger partial charge in [-0.1, -0.05) is 29.8 Å². The molecule has 22 heavy (non-hydrogen) atoms. The van der Waals surface area contributed by atoms with Gasteiger partial charge in [0.05, 0.1) is 15.6 Å². The van der Waals surface area contributed by atoms with Gasteiger partial charge in [0.2, 0.25) is 0 Å². The maximum Gasteiger partial charge on any atom is 0.282 e. The highest BCUT2D eigenvalue weighted by molar-refractivity contribution is 7.90. The fourth-order valence-corrected chi connectivity index (χ4v) is 3.97. The predicted octanol–water partition coefficient (Wildman–Crippen LogP) is 3.52. The third-order valence-corrected chi connectivity index (χ3v) is 6.24. The molecule has 1 aliphatic carbocycles. The second-order valence-electron chi connectivity index (χ2n) is 4.97. The molecule has 0 spiro atoms. The number of allylic oxidation sites excluding steroid dienone is 2. The van der Waals surface area contributed by atoms with Crippen molar-refractivity contribution < 1.29 is 13.2 Å². The Morgan fingerprint density at radius 3 is 2.32 bits per heavy atom. The predicted molar refractivity (Wildman–Crippen MR) is 88.5 cm³/mol. The number of hydrogen-bond acceptors (Lipinski definition) is 3. The van der Waals surface area contributed by atoms with Crippen molar-refractivity contribution in [2.75, 3.05) is 0 Å². The topological polar surface area (TPSA) is 63.6 Å². The molecule has 0 radical (unpaired) electrons. The Bertz CT molecular complexity index is 783. The Morgan fingerprint density at radius 1 is 1.23 bits per heavy atom. The van der Waals surface area contributed by atoms with Crippen molar-refractivity contribution in [1.29, 1.82) is 0 Å². The van der Waals surface area contributed by atoms with Crippen LogP contribution in [0.2, 0.25) is 0 Å². The average molecular weight is 381 g/mol. The number of sulfonamides is 1. The van der Waals surface area contributed by atoms with Gasteiger partial charge in [-0.2, -0.15) is 12.8 Å². The minimum atomic E-state index is -3.98. The summed E-state index contributed by atoms with van der Waals surface area (Å²) in [6.45, 7) is 2.87. The summed E-state index contributed by atoms with van der Waals surface area (Å²) >= 11 is 18.3. The van der Waals surface area contributed by atoms with Crippen LogP contribution in [0.3, 0.4) is 0 Å². The lowest BCUT2D eigenvalue weighted by Gasteiger charge is -2.32. The molecule has 0 N–H and O–H groups in total. The van der Waals surface area contributed by atoms with E-state index in [-0.39, 0.29) is 21.2 Å². The zero-order valence-electron chi connectivity index (χ0n) is 11.7. The number of Topliss-reactive ketones (excluding diaryl/α,β-unsaturated/α-hetero) is 1. The van der Waals surface area contributed by atoms with Gasteiger partial charge in [0.1, 0.15) is 10.3 Å². The van der Waals surface area contributed by atoms with Gasteiger partial charge >= 0.3 is 0 Å². The molecule has 118 valence electrons. The fraction of sp³-hybridized carbons (Fsp3) is 0.286. The van der Waals surface area contributed by atoms with Crippen LogP contribution >= 0.6 is 34.8 Å². The molecule has 2 unspecified atom stereocenters. The van der Waals surface area contributed by atoms with Crippen LogP contribution < -0.4 is 0 Å². The molecule has 0 aromatic heterocycles. The molecule has 0 bridgehead atoms. The average Bonchev–Trinajstić information content (AvgIpc) is 2.49. The van der Waals surface area contributed by atoms with Gasteiger partial charge in [0, 0.05) is 0 Å². The Kier molecular flexibility index (Phi) is 4.74. The zero-order chi connectivity index (χ0) is 16.7. The summed E-state index contributed by atoms with van der Waals surface area (Å²) in [7, 11) is -3.98. The van der Waals surface area contributed by atoms with Crippen molar-refractivity contribution in [1.82, 2.24) is 0 Å². The number of ketones is 1. The molecule has 0 heterocycles. The van der Waals surface area contributed by atoms with Crippen molar-refractivity contribution >= 4 is 56.3 Å². The van der Waals surface area contributed by atoms with Crippen LogP contribution in [0.4, 0.5) is 0 Å². The molecule has 1 aromatic rings. The van der Waals surface area contributed by atoms with Crippen LogP contribution in [0.25, 0.3) is 0 Å². The third kappa shape index (κ3) is 2.95. The molecular weight excluding hydrogens is 369 g/mol. The summed E-state index contributed by atoms with van der Waals surface area (Å²) in [5.74, 6) is -0.551. The highest BCUT2D eigenvalue weighted by atomic mass is 35.5. The van der Waals surface area contributed by atoms with Gasteiger partial charge in [-0.25, -0.2) is 0 Å². The summed E-state index contributed by atoms with van der Waals surface area (Å²) in [4.78, 5) is 10.5. The number of carbonyl (C=O) groups excluding carboxylic acids is 1. The monoisotopic (exact) mass is 379 g/mol. The van der Waals surface area contributed by atoms with E-state index in [1.807, 2.05) is 0 Å². The summed E-state index contributed by atoms with van der Waals surface area (Å²) in [6.07, 6.45) is 0. The molecule has 4 nitrogen and oxygen atoms in total. The standard InChI is InChI=1S/C14H12Cl3NO3S/c1-8-10(15)13(19)14(2,17)12(16)11(8)18-22(20,21)9-6-4-3-5-7-9/h3-7,12H,1-2H3/b18-11+. The second-order valence-corrected chi connectivity index (χ2v) is 8.17. The van der Waals surface area contributed by atoms with Crippen molar-refractivity contribution in [2.45, 2.75) is 29.0 Å². The Morgan fingerprint density at radius 2 is 1.77 bits per heavy atom. The maximum atomic E-state index is 12.4. The van der Waals surface area contributed by atoms with E-state index in [1.54, 1.807) is 18.2 Å². The molecule has 0 saturated carbocycles. The normalized spacial score (nSPS) is 28.3. The maximum absolute atomic E-state index is 12.4. The van der Waals surface area contributed by atoms with Crippen LogP contribution in [0.15, 0.2) is 50.2 Å². The summed E-state index contributed by atoms with van der Waals surface area (Å²) < 4.78 is 28.5. The Balaban J connectivity index is 2.63. The Hall–Kier alpha value is -0.880. The van der Waals surface area contributed by atoms with E-state index < -0.39 is 26.1 Å². The Labute approximate surface area is 143 Å². The first-order chi connectivity index (χ1) is 10.1. The van der Waals surface area contributed by atoms with Crippen LogP contribution in [-0.4, -0.2) is 30.2 Å². The van der Waals surface area contributed by atoms with Gasteiger partial charge in [-0.05, 0) is 31.6 Å². The van der Waals surface area contributed by atoms with E-state index in [0.29, 0.717) is 0 Å². The van der Waals surface area contributed by atoms with Gasteiger partial charge in [0.15, 0.2) is 5.78 Å². The molecule has 2 atom stereocenters. The van der Waals surface area contributed by atoms with E-state index in [1.165, 1.54) is 26.0 Å². The van der Waals surface area contributed by atoms with Crippen LogP contribution in [0.5, 0.6) is 0 Å². The molecular formula is C14H12Cl3NO3S. The third-order valence-electron chi connectivity index (χ3n) is 3.33. The van der Waals surface area contributed by atoms with Crippen molar-refractivity contribution in [3.05, 3.63) is 40.9 Å². The number of nitrogens with zero attached hydrogens (tertiary/aromatic N) is 1. The minimum Gasteiger partial charge on any atom is -0.291 e. The SMILES string of the molecule is CC1=C(Cl)C(=O)C(C)(Cl)C(Cl)/C1=N/S(=O)(=O)c1ccccc1. The summed E-state index contributed by atoms with van der Waals surface area (Å²) in [6, 6.07) is 7.68. The number of hydrogen-bond donors (Lipinski definition) is 0. The first-order valence-electron chi connectivity index (χ1n) is 6.23. The lowest BCUT2D eigenvalue weighted by molar-refractivity contribution is -0.117. The van der Waals surface area contributed by atoms with Crippen molar-refractivity contribution in [3.63, 3.8) is 0 Å². The van der Waals surface area contributed by atoms with Gasteiger partial charge < -0.3 is 0 Å². The number of halogens is 3. The number of rotatable bonds is 2. The molecule has 0 amide bonds. The molecule has 8 heteroatoms. The van der Waals surface area contributed by atoms with E-state index in [9.17, 15) is 13.2 Å². The van der Waals surface area contributed by atoms with E-state index in [2.05, 4.69) is 4.40 Å². The summed E-state index contributed by atoms with van der Waals surface area (Å²) in [5.41, 5.74) is 0.192. The quantitative estimate of drug-likeness (QED) is 0.737. The second kappa shape index (κ2) is 5.96. The molecule has 0 saturated heterocycles. The smallest absolute Gasteiger partial charge is 0.282 e. The van der Waals surface area contributed by atoms with E-state index >= 15 is 0 Å². The van der Waals surface area contributed by atoms with Gasteiger partial charge in [-0.15, -0.1) is 23.2 Å². The largest absolute Gasteiger partial charge is 0.291 e. The van der Waals surface area contributed by atoms with Crippen LogP contribution in [0.1, 0.15) is 13.8 Å². The molecule has 1 aliphatic rings. The van der Waals surface area contributed by atoms with Crippen LogP contribution in [0, 0.1) is 0 Å². The van der Waals surface area contributed by atoms with Gasteiger partial charge in [-0.3, -0.25) is 4.79 Å². The first kappa shape index (κ1) is 17.5. The number of benzene rings is 1. The fourth-order valence-electron chi connectivity index (χ4n) is 1.95. The van der Waals surface area contributed by atoms with Crippen molar-refractivity contribution in [3.8, 4) is 0 Å². The van der Waals surface area contributed by atoms with E-state index in [0.717, 1.165) is 0 Å². The number of alkyl halides is 2. The lowest BCUT2D eigenvalue weighted by atomic mass is 9.87. The minimum absolute atomic E-state index is 0.0171. The molecule has 1 aromatic carbocycles. The lowest BCUT2D eigenvalue weighted by Crippen LogP contribution is -2.48. The van der Waals surface area contributed by atoms with Gasteiger partial charge in [0.25, 0.3) is 10.0 Å². The summed E-state index contributed by atoms with van der Waals surface area (Å²) in [5, 5.41) is -1.26. The number of carbonyl (C=O) groups is 1. The van der Waals surface area contributed by atoms with E-state index in [4.69, 9.17) is 34.8 Å². The molecule has 0 fully saturated rings. The first-order valence-corrected chi connectivity index (χ1v) is 8.86. The highest BCUT2D eigenvalue weighted by Crippen LogP contribution is 2.38. The van der Waals surface area contributed by atoms with Crippen molar-refractivity contribution in [2.24, 2.45) is 4.40 Å². The zero-order valence-corrected chi connectivity index (χ0v) is 14.8.